The van der Waals surface area contributed by atoms with Crippen molar-refractivity contribution in [2.45, 2.75) is 31.1 Å². The molecule has 3 atom stereocenters. The number of rotatable bonds is 9. The number of para-hydroxylation sites is 6. The van der Waals surface area contributed by atoms with Gasteiger partial charge in [0.15, 0.2) is 0 Å². The number of fused-ring (bicyclic) bond motifs is 5. The van der Waals surface area contributed by atoms with Crippen molar-refractivity contribution in [1.82, 2.24) is 4.57 Å². The molecule has 2 bridgehead atoms. The Morgan fingerprint density at radius 3 is 1.45 bits per heavy atom. The normalized spacial score (nSPS) is 18.5. The largest absolute Gasteiger partial charge is 0.311 e. The monoisotopic (exact) mass is 747 g/mol. The minimum Gasteiger partial charge on any atom is -0.311 e. The number of hydrogen-bond donors (Lipinski definition) is 0. The predicted molar refractivity (Wildman–Crippen MR) is 243 cm³/mol. The van der Waals surface area contributed by atoms with Crippen LogP contribution in [-0.4, -0.2) is 4.57 Å². The van der Waals surface area contributed by atoms with E-state index >= 15 is 0 Å². The van der Waals surface area contributed by atoms with Gasteiger partial charge in [-0.1, -0.05) is 134 Å². The van der Waals surface area contributed by atoms with Crippen molar-refractivity contribution in [3.8, 4) is 5.69 Å². The van der Waals surface area contributed by atoms with E-state index in [4.69, 9.17) is 0 Å². The molecule has 3 heteroatoms. The summed E-state index contributed by atoms with van der Waals surface area (Å²) < 4.78 is 2.44. The van der Waals surface area contributed by atoms with E-state index in [0.717, 1.165) is 40.0 Å². The number of anilines is 6. The Morgan fingerprint density at radius 1 is 0.414 bits per heavy atom. The molecule has 9 aromatic rings. The molecule has 11 rings (SSSR count). The molecule has 8 aromatic carbocycles. The van der Waals surface area contributed by atoms with Crippen LogP contribution >= 0.6 is 0 Å². The molecule has 2 aliphatic carbocycles. The van der Waals surface area contributed by atoms with Gasteiger partial charge >= 0.3 is 0 Å². The van der Waals surface area contributed by atoms with Crippen LogP contribution in [0.1, 0.15) is 36.8 Å². The Morgan fingerprint density at radius 2 is 0.897 bits per heavy atom. The molecule has 2 aliphatic rings. The summed E-state index contributed by atoms with van der Waals surface area (Å²) in [5, 5.41) is 2.50. The SMILES string of the molecule is c1ccc(N(c2ccccc2)c2ccc(C3(c4ccc(N(c5ccccc5)c5cccc6c7ccccc7n(-c7ccccc7)c56)cc4)CC4CCC3C4)cc2)cc1. The van der Waals surface area contributed by atoms with Crippen LogP contribution in [0.3, 0.4) is 0 Å². The topological polar surface area (TPSA) is 11.4 Å². The first-order valence-electron chi connectivity index (χ1n) is 20.8. The van der Waals surface area contributed by atoms with E-state index in [1.54, 1.807) is 0 Å². The molecule has 0 radical (unpaired) electrons. The predicted octanol–water partition coefficient (Wildman–Crippen LogP) is 14.8. The van der Waals surface area contributed by atoms with Crippen LogP contribution in [0.2, 0.25) is 0 Å². The lowest BCUT2D eigenvalue weighted by molar-refractivity contribution is 0.320. The summed E-state index contributed by atoms with van der Waals surface area (Å²) in [6.45, 7) is 0. The Labute approximate surface area is 341 Å². The third-order valence-electron chi connectivity index (χ3n) is 13.1. The summed E-state index contributed by atoms with van der Waals surface area (Å²) in [6.07, 6.45) is 5.15. The van der Waals surface area contributed by atoms with Gasteiger partial charge in [0.25, 0.3) is 0 Å². The number of hydrogen-bond acceptors (Lipinski definition) is 2. The Balaban J connectivity index is 1.03. The number of nitrogens with zero attached hydrogens (tertiary/aromatic N) is 3. The molecule has 0 amide bonds. The van der Waals surface area contributed by atoms with Gasteiger partial charge in [0.2, 0.25) is 0 Å². The van der Waals surface area contributed by atoms with Crippen LogP contribution in [0.5, 0.6) is 0 Å². The van der Waals surface area contributed by atoms with Crippen molar-refractivity contribution in [1.29, 1.82) is 0 Å². The van der Waals surface area contributed by atoms with E-state index in [9.17, 15) is 0 Å². The van der Waals surface area contributed by atoms with Crippen LogP contribution in [0.25, 0.3) is 27.5 Å². The van der Waals surface area contributed by atoms with E-state index in [-0.39, 0.29) is 5.41 Å². The first kappa shape index (κ1) is 34.4. The van der Waals surface area contributed by atoms with Gasteiger partial charge in [-0.05, 0) is 127 Å². The Kier molecular flexibility index (Phi) is 8.47. The van der Waals surface area contributed by atoms with Crippen molar-refractivity contribution in [2.75, 3.05) is 9.80 Å². The molecule has 2 saturated carbocycles. The summed E-state index contributed by atoms with van der Waals surface area (Å²) >= 11 is 0. The van der Waals surface area contributed by atoms with Crippen LogP contribution in [0.15, 0.2) is 212 Å². The van der Waals surface area contributed by atoms with Gasteiger partial charge in [-0.2, -0.15) is 0 Å². The third-order valence-corrected chi connectivity index (χ3v) is 13.1. The van der Waals surface area contributed by atoms with Crippen molar-refractivity contribution in [3.63, 3.8) is 0 Å². The zero-order valence-corrected chi connectivity index (χ0v) is 32.5. The molecule has 1 aromatic heterocycles. The molecule has 0 spiro atoms. The quantitative estimate of drug-likeness (QED) is 0.146. The maximum absolute atomic E-state index is 2.45. The smallest absolute Gasteiger partial charge is 0.0782 e. The minimum absolute atomic E-state index is 0.0123. The molecular formula is C55H45N3. The van der Waals surface area contributed by atoms with Crippen molar-refractivity contribution >= 4 is 55.9 Å². The van der Waals surface area contributed by atoms with Crippen molar-refractivity contribution in [2.24, 2.45) is 11.8 Å². The average molecular weight is 748 g/mol. The van der Waals surface area contributed by atoms with E-state index in [1.807, 2.05) is 0 Å². The molecule has 3 nitrogen and oxygen atoms in total. The molecule has 1 heterocycles. The zero-order valence-electron chi connectivity index (χ0n) is 32.5. The highest BCUT2D eigenvalue weighted by Crippen LogP contribution is 2.60. The summed E-state index contributed by atoms with van der Waals surface area (Å²) in [7, 11) is 0. The second-order valence-electron chi connectivity index (χ2n) is 16.2. The van der Waals surface area contributed by atoms with E-state index < -0.39 is 0 Å². The van der Waals surface area contributed by atoms with Crippen molar-refractivity contribution in [3.05, 3.63) is 223 Å². The average Bonchev–Trinajstić information content (AvgIpc) is 4.02. The highest BCUT2D eigenvalue weighted by Gasteiger charge is 2.52. The molecule has 280 valence electrons. The first-order valence-corrected chi connectivity index (χ1v) is 20.8. The molecule has 0 saturated heterocycles. The van der Waals surface area contributed by atoms with E-state index in [1.165, 1.54) is 64.3 Å². The van der Waals surface area contributed by atoms with Crippen LogP contribution < -0.4 is 9.80 Å². The lowest BCUT2D eigenvalue weighted by Crippen LogP contribution is -2.34. The fourth-order valence-electron chi connectivity index (χ4n) is 10.7. The third kappa shape index (κ3) is 5.64. The minimum atomic E-state index is -0.0123. The summed E-state index contributed by atoms with van der Waals surface area (Å²) in [5.74, 6) is 1.40. The summed E-state index contributed by atoms with van der Waals surface area (Å²) in [5.41, 5.74) is 13.4. The highest BCUT2D eigenvalue weighted by atomic mass is 15.2. The zero-order chi connectivity index (χ0) is 38.5. The summed E-state index contributed by atoms with van der Waals surface area (Å²) in [6, 6.07) is 77.9. The number of aromatic nitrogens is 1. The van der Waals surface area contributed by atoms with Crippen LogP contribution in [0.4, 0.5) is 34.1 Å². The lowest BCUT2D eigenvalue weighted by Gasteiger charge is -2.40. The van der Waals surface area contributed by atoms with Gasteiger partial charge in [0.1, 0.15) is 0 Å². The van der Waals surface area contributed by atoms with Gasteiger partial charge < -0.3 is 14.4 Å². The number of benzene rings is 8. The fraction of sp³-hybridized carbons (Fsp3) is 0.127. The molecule has 0 N–H and O–H groups in total. The standard InChI is InChI=1S/C55H45N3/c1-5-16-44(17-6-1)56(45-18-7-2-8-19-45)48-34-30-41(31-35-48)55(39-40-28-29-43(55)38-40)42-32-36-49(37-33-42)57(46-20-9-3-10-21-46)53-27-15-25-51-50-24-13-14-26-52(50)58(54(51)53)47-22-11-4-12-23-47/h1-27,30-37,40,43H,28-29,38-39H2. The van der Waals surface area contributed by atoms with Gasteiger partial charge in [0, 0.05) is 50.3 Å². The van der Waals surface area contributed by atoms with Gasteiger partial charge in [-0.3, -0.25) is 0 Å². The van der Waals surface area contributed by atoms with E-state index in [0.29, 0.717) is 5.92 Å². The first-order chi connectivity index (χ1) is 28.8. The second kappa shape index (κ2) is 14.3. The van der Waals surface area contributed by atoms with Crippen LogP contribution in [0, 0.1) is 11.8 Å². The van der Waals surface area contributed by atoms with Gasteiger partial charge in [0.05, 0.1) is 16.7 Å². The molecular weight excluding hydrogens is 703 g/mol. The van der Waals surface area contributed by atoms with Crippen molar-refractivity contribution < 1.29 is 0 Å². The maximum Gasteiger partial charge on any atom is 0.0782 e. The van der Waals surface area contributed by atoms with Gasteiger partial charge in [-0.15, -0.1) is 0 Å². The second-order valence-corrected chi connectivity index (χ2v) is 16.2. The Hall–Kier alpha value is -6.84. The maximum atomic E-state index is 2.45. The van der Waals surface area contributed by atoms with Gasteiger partial charge in [-0.25, -0.2) is 0 Å². The Bertz CT molecular complexity index is 2790. The molecule has 2 fully saturated rings. The van der Waals surface area contributed by atoms with E-state index in [2.05, 4.69) is 227 Å². The summed E-state index contributed by atoms with van der Waals surface area (Å²) in [4.78, 5) is 4.82. The fourth-order valence-corrected chi connectivity index (χ4v) is 10.7. The molecule has 0 aliphatic heterocycles. The van der Waals surface area contributed by atoms with Crippen LogP contribution in [-0.2, 0) is 5.41 Å². The molecule has 58 heavy (non-hydrogen) atoms. The lowest BCUT2D eigenvalue weighted by atomic mass is 9.64. The highest BCUT2D eigenvalue weighted by molar-refractivity contribution is 6.14. The molecule has 3 unspecified atom stereocenters.